The van der Waals surface area contributed by atoms with Crippen molar-refractivity contribution in [1.82, 2.24) is 0 Å². The lowest BCUT2D eigenvalue weighted by Gasteiger charge is -2.23. The number of ketones is 1. The number of Topliss-reactive ketones (excluding diaryl/α,β-unsaturated/α-hetero) is 1. The second-order valence-corrected chi connectivity index (χ2v) is 6.74. The van der Waals surface area contributed by atoms with Gasteiger partial charge in [0.2, 0.25) is 0 Å². The zero-order valence-corrected chi connectivity index (χ0v) is 15.8. The molecule has 0 aliphatic heterocycles. The average molecular weight is 376 g/mol. The van der Waals surface area contributed by atoms with Gasteiger partial charge in [-0.05, 0) is 73.0 Å². The van der Waals surface area contributed by atoms with E-state index in [1.807, 2.05) is 32.0 Å². The first-order chi connectivity index (χ1) is 13.3. The summed E-state index contributed by atoms with van der Waals surface area (Å²) in [5, 5.41) is 0. The van der Waals surface area contributed by atoms with E-state index in [0.717, 1.165) is 22.4 Å². The maximum absolute atomic E-state index is 13.0. The Bertz CT molecular complexity index is 1010. The van der Waals surface area contributed by atoms with Crippen molar-refractivity contribution < 1.29 is 14.0 Å². The summed E-state index contributed by atoms with van der Waals surface area (Å²) in [6, 6.07) is 17.8. The van der Waals surface area contributed by atoms with Gasteiger partial charge in [0.05, 0.1) is 11.4 Å². The number of benzene rings is 3. The van der Waals surface area contributed by atoms with E-state index in [4.69, 9.17) is 5.73 Å². The number of primary amides is 1. The SMILES string of the molecule is Cc1ccc(C)c(N(C(N)=O)c2ccc(CC(=O)c3ccc(F)cc3)cc2)c1. The lowest BCUT2D eigenvalue weighted by atomic mass is 10.0. The van der Waals surface area contributed by atoms with Crippen molar-refractivity contribution >= 4 is 23.2 Å². The highest BCUT2D eigenvalue weighted by Crippen LogP contribution is 2.29. The van der Waals surface area contributed by atoms with Crippen LogP contribution < -0.4 is 10.6 Å². The Hall–Kier alpha value is -3.47. The summed E-state index contributed by atoms with van der Waals surface area (Å²) in [6.07, 6.45) is 0.186. The van der Waals surface area contributed by atoms with Gasteiger partial charge in [0, 0.05) is 12.0 Å². The number of aryl methyl sites for hydroxylation is 2. The van der Waals surface area contributed by atoms with Crippen LogP contribution in [0.5, 0.6) is 0 Å². The summed E-state index contributed by atoms with van der Waals surface area (Å²) < 4.78 is 13.0. The van der Waals surface area contributed by atoms with Gasteiger partial charge < -0.3 is 5.73 Å². The van der Waals surface area contributed by atoms with E-state index in [2.05, 4.69) is 0 Å². The van der Waals surface area contributed by atoms with Crippen LogP contribution in [0.4, 0.5) is 20.6 Å². The van der Waals surface area contributed by atoms with Gasteiger partial charge in [-0.2, -0.15) is 0 Å². The number of hydrogen-bond acceptors (Lipinski definition) is 2. The first-order valence-corrected chi connectivity index (χ1v) is 8.89. The molecule has 0 aromatic heterocycles. The molecule has 142 valence electrons. The highest BCUT2D eigenvalue weighted by molar-refractivity contribution is 6.00. The van der Waals surface area contributed by atoms with Crippen LogP contribution in [0.1, 0.15) is 27.0 Å². The fourth-order valence-electron chi connectivity index (χ4n) is 3.03. The predicted molar refractivity (Wildman–Crippen MR) is 109 cm³/mol. The molecule has 28 heavy (non-hydrogen) atoms. The number of halogens is 1. The van der Waals surface area contributed by atoms with Crippen LogP contribution in [-0.2, 0) is 6.42 Å². The molecule has 0 unspecified atom stereocenters. The van der Waals surface area contributed by atoms with Gasteiger partial charge in [0.1, 0.15) is 5.82 Å². The third-order valence-corrected chi connectivity index (χ3v) is 4.55. The average Bonchev–Trinajstić information content (AvgIpc) is 2.66. The molecule has 3 aromatic carbocycles. The molecule has 2 N–H and O–H groups in total. The zero-order chi connectivity index (χ0) is 20.3. The number of nitrogens with zero attached hydrogens (tertiary/aromatic N) is 1. The number of carbonyl (C=O) groups excluding carboxylic acids is 2. The first kappa shape index (κ1) is 19.3. The Morgan fingerprint density at radius 3 is 2.18 bits per heavy atom. The lowest BCUT2D eigenvalue weighted by Crippen LogP contribution is -2.32. The van der Waals surface area contributed by atoms with Gasteiger partial charge in [0.25, 0.3) is 0 Å². The third-order valence-electron chi connectivity index (χ3n) is 4.55. The van der Waals surface area contributed by atoms with Crippen molar-refractivity contribution in [3.8, 4) is 0 Å². The number of nitrogens with two attached hydrogens (primary N) is 1. The largest absolute Gasteiger partial charge is 0.351 e. The van der Waals surface area contributed by atoms with E-state index in [1.165, 1.54) is 29.2 Å². The molecule has 0 saturated heterocycles. The van der Waals surface area contributed by atoms with E-state index in [9.17, 15) is 14.0 Å². The van der Waals surface area contributed by atoms with Gasteiger partial charge in [-0.1, -0.05) is 24.3 Å². The molecular formula is C23H21FN2O2. The fourth-order valence-corrected chi connectivity index (χ4v) is 3.03. The van der Waals surface area contributed by atoms with Crippen molar-refractivity contribution in [2.75, 3.05) is 4.90 Å². The minimum atomic E-state index is -0.580. The van der Waals surface area contributed by atoms with Crippen LogP contribution in [0.15, 0.2) is 66.7 Å². The summed E-state index contributed by atoms with van der Waals surface area (Å²) >= 11 is 0. The monoisotopic (exact) mass is 376 g/mol. The highest BCUT2D eigenvalue weighted by Gasteiger charge is 2.17. The molecule has 0 fully saturated rings. The maximum atomic E-state index is 13.0. The lowest BCUT2D eigenvalue weighted by molar-refractivity contribution is 0.0993. The summed E-state index contributed by atoms with van der Waals surface area (Å²) in [5.74, 6) is -0.479. The molecule has 0 aliphatic carbocycles. The Kier molecular flexibility index (Phi) is 5.54. The Morgan fingerprint density at radius 2 is 1.57 bits per heavy atom. The molecule has 0 heterocycles. The Balaban J connectivity index is 1.83. The van der Waals surface area contributed by atoms with E-state index in [-0.39, 0.29) is 18.0 Å². The number of anilines is 2. The second kappa shape index (κ2) is 8.05. The Labute approximate surface area is 163 Å². The molecule has 3 rings (SSSR count). The van der Waals surface area contributed by atoms with Crippen LogP contribution >= 0.6 is 0 Å². The zero-order valence-electron chi connectivity index (χ0n) is 15.8. The van der Waals surface area contributed by atoms with E-state index in [0.29, 0.717) is 11.3 Å². The van der Waals surface area contributed by atoms with Crippen molar-refractivity contribution in [3.63, 3.8) is 0 Å². The third kappa shape index (κ3) is 4.26. The van der Waals surface area contributed by atoms with Crippen molar-refractivity contribution in [2.24, 2.45) is 5.73 Å². The van der Waals surface area contributed by atoms with Crippen LogP contribution in [0.25, 0.3) is 0 Å². The summed E-state index contributed by atoms with van der Waals surface area (Å²) in [6.45, 7) is 3.87. The second-order valence-electron chi connectivity index (χ2n) is 6.74. The van der Waals surface area contributed by atoms with E-state index >= 15 is 0 Å². The predicted octanol–water partition coefficient (Wildman–Crippen LogP) is 5.08. The molecule has 4 nitrogen and oxygen atoms in total. The number of amides is 2. The number of hydrogen-bond donors (Lipinski definition) is 1. The smallest absolute Gasteiger partial charge is 0.323 e. The molecule has 0 saturated carbocycles. The fraction of sp³-hybridized carbons (Fsp3) is 0.130. The molecule has 0 spiro atoms. The molecule has 3 aromatic rings. The summed E-state index contributed by atoms with van der Waals surface area (Å²) in [4.78, 5) is 25.9. The molecular weight excluding hydrogens is 355 g/mol. The van der Waals surface area contributed by atoms with Crippen molar-refractivity contribution in [1.29, 1.82) is 0 Å². The quantitative estimate of drug-likeness (QED) is 0.631. The van der Waals surface area contributed by atoms with Gasteiger partial charge in [-0.25, -0.2) is 9.18 Å². The highest BCUT2D eigenvalue weighted by atomic mass is 19.1. The van der Waals surface area contributed by atoms with Gasteiger partial charge in [0.15, 0.2) is 5.78 Å². The van der Waals surface area contributed by atoms with Crippen molar-refractivity contribution in [2.45, 2.75) is 20.3 Å². The van der Waals surface area contributed by atoms with Gasteiger partial charge in [-0.15, -0.1) is 0 Å². The first-order valence-electron chi connectivity index (χ1n) is 8.89. The molecule has 0 atom stereocenters. The Morgan fingerprint density at radius 1 is 0.929 bits per heavy atom. The van der Waals surface area contributed by atoms with E-state index < -0.39 is 6.03 Å². The number of urea groups is 1. The van der Waals surface area contributed by atoms with Gasteiger partial charge >= 0.3 is 6.03 Å². The summed E-state index contributed by atoms with van der Waals surface area (Å²) in [5.41, 5.74) is 10.2. The van der Waals surface area contributed by atoms with E-state index in [1.54, 1.807) is 24.3 Å². The number of carbonyl (C=O) groups is 2. The molecule has 5 heteroatoms. The van der Waals surface area contributed by atoms with Crippen molar-refractivity contribution in [3.05, 3.63) is 94.8 Å². The van der Waals surface area contributed by atoms with Crippen LogP contribution in [-0.4, -0.2) is 11.8 Å². The standard InChI is InChI=1S/C23H21FN2O2/c1-15-3-4-16(2)21(13-15)26(23(25)28)20-11-5-17(6-12-20)14-22(27)18-7-9-19(24)10-8-18/h3-13H,14H2,1-2H3,(H2,25,28). The molecule has 0 bridgehead atoms. The van der Waals surface area contributed by atoms with Crippen LogP contribution in [0.2, 0.25) is 0 Å². The van der Waals surface area contributed by atoms with Crippen LogP contribution in [0.3, 0.4) is 0 Å². The molecule has 0 aliphatic rings. The number of rotatable bonds is 5. The molecule has 2 amide bonds. The molecule has 0 radical (unpaired) electrons. The van der Waals surface area contributed by atoms with Crippen LogP contribution in [0, 0.1) is 19.7 Å². The maximum Gasteiger partial charge on any atom is 0.323 e. The summed E-state index contributed by atoms with van der Waals surface area (Å²) in [7, 11) is 0. The van der Waals surface area contributed by atoms with Gasteiger partial charge in [-0.3, -0.25) is 9.69 Å². The normalized spacial score (nSPS) is 10.5. The topological polar surface area (TPSA) is 63.4 Å². The minimum Gasteiger partial charge on any atom is -0.351 e. The minimum absolute atomic E-state index is 0.103.